The molecule has 0 spiro atoms. The van der Waals surface area contributed by atoms with Gasteiger partial charge in [0.2, 0.25) is 0 Å². The van der Waals surface area contributed by atoms with Gasteiger partial charge in [0.1, 0.15) is 13.2 Å². The zero-order valence-electron chi connectivity index (χ0n) is 54.4. The van der Waals surface area contributed by atoms with Gasteiger partial charge in [-0.2, -0.15) is 0 Å². The second kappa shape index (κ2) is 70.3. The van der Waals surface area contributed by atoms with Crippen LogP contribution in [-0.4, -0.2) is 37.2 Å². The van der Waals surface area contributed by atoms with Crippen LogP contribution in [0.4, 0.5) is 0 Å². The van der Waals surface area contributed by atoms with Crippen molar-refractivity contribution in [1.82, 2.24) is 0 Å². The standard InChI is InChI=1S/C77H130O6/c1-4-7-10-13-16-19-22-25-27-29-31-32-33-34-35-36-37-38-39-40-41-42-43-44-45-46-47-49-50-52-55-58-61-64-67-70-76(79)82-73-74(72-81-75(78)69-66-63-60-57-54-24-21-18-15-12-9-6-3)83-77(80)71-68-65-62-59-56-53-51-48-30-28-26-23-20-17-14-11-8-5-2/h7,10,16,18-21,23,25,27-28,30-32,34-35,37-38,40-41,74H,4-6,8-9,11-15,17,22,24,26,29,33,36,39,42-73H2,1-3H3/b10-7-,19-16-,21-18-,23-20-,27-25-,30-28-,32-31-,35-34-,38-37-,41-40-. The van der Waals surface area contributed by atoms with E-state index in [1.54, 1.807) is 0 Å². The number of hydrogen-bond acceptors (Lipinski definition) is 6. The van der Waals surface area contributed by atoms with Crippen LogP contribution in [0.5, 0.6) is 0 Å². The van der Waals surface area contributed by atoms with Crippen LogP contribution in [0.3, 0.4) is 0 Å². The predicted octanol–water partition coefficient (Wildman–Crippen LogP) is 24.3. The van der Waals surface area contributed by atoms with E-state index in [1.165, 1.54) is 167 Å². The molecule has 0 rings (SSSR count). The van der Waals surface area contributed by atoms with Gasteiger partial charge in [-0.25, -0.2) is 0 Å². The molecule has 0 amide bonds. The molecule has 0 aromatic rings. The van der Waals surface area contributed by atoms with E-state index >= 15 is 0 Å². The second-order valence-electron chi connectivity index (χ2n) is 23.1. The number of esters is 3. The second-order valence-corrected chi connectivity index (χ2v) is 23.1. The summed E-state index contributed by atoms with van der Waals surface area (Å²) in [4.78, 5) is 38.3. The summed E-state index contributed by atoms with van der Waals surface area (Å²) in [6.45, 7) is 6.49. The summed E-state index contributed by atoms with van der Waals surface area (Å²) >= 11 is 0. The van der Waals surface area contributed by atoms with Crippen molar-refractivity contribution < 1.29 is 28.6 Å². The lowest BCUT2D eigenvalue weighted by Gasteiger charge is -2.18. The number of unbranched alkanes of at least 4 members (excludes halogenated alkanes) is 32. The Morgan fingerprint density at radius 2 is 0.470 bits per heavy atom. The molecule has 6 heteroatoms. The lowest BCUT2D eigenvalue weighted by atomic mass is 10.0. The molecule has 0 N–H and O–H groups in total. The number of carbonyl (C=O) groups excluding carboxylic acids is 3. The van der Waals surface area contributed by atoms with Gasteiger partial charge in [0.25, 0.3) is 0 Å². The first kappa shape index (κ1) is 78.8. The fourth-order valence-corrected chi connectivity index (χ4v) is 9.68. The number of hydrogen-bond donors (Lipinski definition) is 0. The molecule has 0 aromatic carbocycles. The van der Waals surface area contributed by atoms with Gasteiger partial charge in [-0.3, -0.25) is 14.4 Å². The van der Waals surface area contributed by atoms with E-state index in [-0.39, 0.29) is 31.1 Å². The van der Waals surface area contributed by atoms with E-state index in [9.17, 15) is 14.4 Å². The third-order valence-electron chi connectivity index (χ3n) is 14.9. The maximum Gasteiger partial charge on any atom is 0.306 e. The lowest BCUT2D eigenvalue weighted by molar-refractivity contribution is -0.167. The molecule has 83 heavy (non-hydrogen) atoms. The van der Waals surface area contributed by atoms with E-state index in [0.29, 0.717) is 19.3 Å². The van der Waals surface area contributed by atoms with Crippen molar-refractivity contribution in [3.63, 3.8) is 0 Å². The number of ether oxygens (including phenoxy) is 3. The molecule has 0 heterocycles. The molecular formula is C77H130O6. The Morgan fingerprint density at radius 3 is 0.771 bits per heavy atom. The van der Waals surface area contributed by atoms with Crippen molar-refractivity contribution in [1.29, 1.82) is 0 Å². The number of rotatable bonds is 63. The minimum atomic E-state index is -0.788. The molecule has 0 aliphatic carbocycles. The van der Waals surface area contributed by atoms with Crippen LogP contribution in [-0.2, 0) is 28.6 Å². The number of carbonyl (C=O) groups is 3. The molecule has 0 aliphatic rings. The minimum Gasteiger partial charge on any atom is -0.462 e. The molecule has 0 saturated carbocycles. The van der Waals surface area contributed by atoms with Crippen LogP contribution >= 0.6 is 0 Å². The van der Waals surface area contributed by atoms with Crippen LogP contribution < -0.4 is 0 Å². The fourth-order valence-electron chi connectivity index (χ4n) is 9.68. The van der Waals surface area contributed by atoms with E-state index < -0.39 is 6.10 Å². The average molecular weight is 1150 g/mol. The normalized spacial score (nSPS) is 12.9. The topological polar surface area (TPSA) is 78.9 Å². The molecule has 1 atom stereocenters. The van der Waals surface area contributed by atoms with E-state index in [1.807, 2.05) is 0 Å². The first-order valence-electron chi connectivity index (χ1n) is 35.0. The zero-order valence-corrected chi connectivity index (χ0v) is 54.4. The predicted molar refractivity (Wildman–Crippen MR) is 362 cm³/mol. The van der Waals surface area contributed by atoms with Gasteiger partial charge < -0.3 is 14.2 Å². The molecule has 0 aromatic heterocycles. The molecular weight excluding hydrogens is 1020 g/mol. The molecule has 0 bridgehead atoms. The Labute approximate surface area is 513 Å². The highest BCUT2D eigenvalue weighted by molar-refractivity contribution is 5.71. The molecule has 6 nitrogen and oxygen atoms in total. The van der Waals surface area contributed by atoms with Crippen LogP contribution in [0.1, 0.15) is 329 Å². The Morgan fingerprint density at radius 1 is 0.253 bits per heavy atom. The quantitative estimate of drug-likeness (QED) is 0.0261. The molecule has 0 aliphatic heterocycles. The monoisotopic (exact) mass is 1150 g/mol. The van der Waals surface area contributed by atoms with Crippen molar-refractivity contribution in [3.8, 4) is 0 Å². The van der Waals surface area contributed by atoms with Crippen LogP contribution in [0.2, 0.25) is 0 Å². The van der Waals surface area contributed by atoms with Crippen LogP contribution in [0.25, 0.3) is 0 Å². The molecule has 0 saturated heterocycles. The summed E-state index contributed by atoms with van der Waals surface area (Å²) in [5.74, 6) is -0.892. The van der Waals surface area contributed by atoms with Gasteiger partial charge in [0, 0.05) is 19.3 Å². The van der Waals surface area contributed by atoms with Crippen molar-refractivity contribution in [2.75, 3.05) is 13.2 Å². The van der Waals surface area contributed by atoms with Crippen molar-refractivity contribution >= 4 is 17.9 Å². The highest BCUT2D eigenvalue weighted by Gasteiger charge is 2.19. The summed E-state index contributed by atoms with van der Waals surface area (Å²) in [6.07, 6.45) is 98.0. The van der Waals surface area contributed by atoms with Gasteiger partial charge in [0.05, 0.1) is 0 Å². The minimum absolute atomic E-state index is 0.0838. The van der Waals surface area contributed by atoms with Gasteiger partial charge in [0.15, 0.2) is 6.10 Å². The molecule has 0 fully saturated rings. The third-order valence-corrected chi connectivity index (χ3v) is 14.9. The third kappa shape index (κ3) is 68.5. The smallest absolute Gasteiger partial charge is 0.306 e. The lowest BCUT2D eigenvalue weighted by Crippen LogP contribution is -2.30. The van der Waals surface area contributed by atoms with Gasteiger partial charge in [-0.05, 0) is 135 Å². The van der Waals surface area contributed by atoms with Crippen LogP contribution in [0.15, 0.2) is 122 Å². The maximum atomic E-state index is 12.9. The van der Waals surface area contributed by atoms with Crippen LogP contribution in [0, 0.1) is 0 Å². The van der Waals surface area contributed by atoms with E-state index in [2.05, 4.69) is 142 Å². The summed E-state index contributed by atoms with van der Waals surface area (Å²) in [6, 6.07) is 0. The number of allylic oxidation sites excluding steroid dienone is 20. The van der Waals surface area contributed by atoms with Crippen molar-refractivity contribution in [2.24, 2.45) is 0 Å². The highest BCUT2D eigenvalue weighted by Crippen LogP contribution is 2.16. The summed E-state index contributed by atoms with van der Waals surface area (Å²) in [5, 5.41) is 0. The summed E-state index contributed by atoms with van der Waals surface area (Å²) in [5.41, 5.74) is 0. The fraction of sp³-hybridized carbons (Fsp3) is 0.701. The molecule has 0 radical (unpaired) electrons. The summed E-state index contributed by atoms with van der Waals surface area (Å²) < 4.78 is 16.9. The van der Waals surface area contributed by atoms with Crippen molar-refractivity contribution in [2.45, 2.75) is 335 Å². The first-order valence-corrected chi connectivity index (χ1v) is 35.0. The molecule has 1 unspecified atom stereocenters. The largest absolute Gasteiger partial charge is 0.462 e. The first-order chi connectivity index (χ1) is 41.0. The van der Waals surface area contributed by atoms with E-state index in [4.69, 9.17) is 14.2 Å². The van der Waals surface area contributed by atoms with E-state index in [0.717, 1.165) is 122 Å². The Hall–Kier alpha value is -4.19. The zero-order chi connectivity index (χ0) is 59.9. The maximum absolute atomic E-state index is 12.9. The molecule has 474 valence electrons. The Bertz CT molecular complexity index is 1700. The highest BCUT2D eigenvalue weighted by atomic mass is 16.6. The van der Waals surface area contributed by atoms with Gasteiger partial charge >= 0.3 is 17.9 Å². The summed E-state index contributed by atoms with van der Waals surface area (Å²) in [7, 11) is 0. The van der Waals surface area contributed by atoms with Gasteiger partial charge in [-0.15, -0.1) is 0 Å². The Balaban J connectivity index is 4.20. The van der Waals surface area contributed by atoms with Crippen molar-refractivity contribution in [3.05, 3.63) is 122 Å². The van der Waals surface area contributed by atoms with Gasteiger partial charge in [-0.1, -0.05) is 296 Å². The average Bonchev–Trinajstić information content (AvgIpc) is 3.49. The SMILES string of the molecule is CC/C=C\C/C=C\C/C=C\C/C=C\C/C=C\C/C=C\C/C=C\CCCCCCCCCCCCCCCC(=O)OCC(COC(=O)CCCCCCC/C=C\CCCCC)OC(=O)CCCCCCCCC/C=C\C/C=C\CCCCCC. The Kier molecular flexibility index (Phi) is 66.7.